The lowest BCUT2D eigenvalue weighted by molar-refractivity contribution is 0.0486. The predicted molar refractivity (Wildman–Crippen MR) is 265 cm³/mol. The maximum atomic E-state index is 13.3. The lowest BCUT2D eigenvalue weighted by atomic mass is 9.94. The van der Waals surface area contributed by atoms with Crippen molar-refractivity contribution in [2.45, 2.75) is 89.9 Å². The lowest BCUT2D eigenvalue weighted by Crippen LogP contribution is -2.11. The number of phenolic OH excluding ortho intramolecular Hbond substituents is 2. The Morgan fingerprint density at radius 3 is 1.00 bits per heavy atom. The Morgan fingerprint density at radius 2 is 0.676 bits per heavy atom. The number of phenols is 2. The molecular formula is C58H60N2O8. The zero-order chi connectivity index (χ0) is 47.8. The first kappa shape index (κ1) is 49.9. The number of hydrogen-bond acceptors (Lipinski definition) is 10. The predicted octanol–water partition coefficient (Wildman–Crippen LogP) is 13.8. The van der Waals surface area contributed by atoms with Gasteiger partial charge in [-0.2, -0.15) is 10.5 Å². The van der Waals surface area contributed by atoms with E-state index in [-0.39, 0.29) is 35.8 Å². The van der Waals surface area contributed by atoms with Gasteiger partial charge in [-0.15, -0.1) is 0 Å². The highest BCUT2D eigenvalue weighted by Gasteiger charge is 2.22. The Labute approximate surface area is 400 Å². The molecule has 6 aromatic rings. The van der Waals surface area contributed by atoms with Gasteiger partial charge in [0.05, 0.1) is 60.8 Å². The van der Waals surface area contributed by atoms with Gasteiger partial charge in [0, 0.05) is 0 Å². The van der Waals surface area contributed by atoms with Crippen molar-refractivity contribution >= 4 is 11.9 Å². The number of benzene rings is 6. The van der Waals surface area contributed by atoms with Crippen molar-refractivity contribution < 1.29 is 38.7 Å². The standard InChI is InChI=1S/C58H60N2O8/c59-41-43-15-19-45(20-16-43)47-23-29-51(30-24-47)65-35-11-7-3-1-5-9-13-37-67-57(63)55-39-49(61)27-33-53(55)54-34-28-50(62)40-56(54)58(64)68-38-14-10-6-2-4-8-12-36-66-52-31-25-48(26-32-52)46-21-17-44(42-60)18-22-46/h15-34,39-40,61-62H,1-14,35-38H2. The van der Waals surface area contributed by atoms with Crippen molar-refractivity contribution in [3.8, 4) is 68.5 Å². The van der Waals surface area contributed by atoms with Crippen molar-refractivity contribution in [3.63, 3.8) is 0 Å². The first-order valence-corrected chi connectivity index (χ1v) is 23.8. The molecule has 0 radical (unpaired) electrons. The second-order valence-corrected chi connectivity index (χ2v) is 16.8. The largest absolute Gasteiger partial charge is 0.508 e. The molecule has 0 unspecified atom stereocenters. The van der Waals surface area contributed by atoms with Crippen LogP contribution in [0.2, 0.25) is 0 Å². The topological polar surface area (TPSA) is 159 Å². The number of unbranched alkanes of at least 4 members (excludes halogenated alkanes) is 12. The van der Waals surface area contributed by atoms with Crippen molar-refractivity contribution in [1.29, 1.82) is 10.5 Å². The smallest absolute Gasteiger partial charge is 0.338 e. The van der Waals surface area contributed by atoms with E-state index in [4.69, 9.17) is 29.5 Å². The van der Waals surface area contributed by atoms with Crippen LogP contribution in [0.15, 0.2) is 133 Å². The molecule has 6 rings (SSSR count). The minimum Gasteiger partial charge on any atom is -0.508 e. The number of rotatable bonds is 27. The molecule has 0 amide bonds. The van der Waals surface area contributed by atoms with Crippen LogP contribution in [0.25, 0.3) is 33.4 Å². The summed E-state index contributed by atoms with van der Waals surface area (Å²) < 4.78 is 23.1. The van der Waals surface area contributed by atoms with E-state index in [0.29, 0.717) is 48.3 Å². The minimum atomic E-state index is -0.605. The Bertz CT molecular complexity index is 2410. The third-order valence-electron chi connectivity index (χ3n) is 11.7. The van der Waals surface area contributed by atoms with E-state index in [1.54, 1.807) is 12.1 Å². The molecule has 0 aliphatic carbocycles. The third-order valence-corrected chi connectivity index (χ3v) is 11.7. The molecule has 0 saturated heterocycles. The molecule has 6 aromatic carbocycles. The van der Waals surface area contributed by atoms with E-state index in [1.165, 1.54) is 24.3 Å². The van der Waals surface area contributed by atoms with Crippen molar-refractivity contribution in [2.24, 2.45) is 0 Å². The number of carbonyl (C=O) groups is 2. The SMILES string of the molecule is N#Cc1ccc(-c2ccc(OCCCCCCCCCOC(=O)c3cc(O)ccc3-c3ccc(O)cc3C(=O)OCCCCCCCCCOc3ccc(-c4ccc(C#N)cc4)cc3)cc2)cc1. The van der Waals surface area contributed by atoms with Gasteiger partial charge in [0.15, 0.2) is 0 Å². The first-order valence-electron chi connectivity index (χ1n) is 23.8. The maximum Gasteiger partial charge on any atom is 0.338 e. The van der Waals surface area contributed by atoms with Gasteiger partial charge in [0.1, 0.15) is 23.0 Å². The highest BCUT2D eigenvalue weighted by Crippen LogP contribution is 2.33. The molecule has 0 aliphatic heterocycles. The van der Waals surface area contributed by atoms with Gasteiger partial charge in [-0.25, -0.2) is 9.59 Å². The Balaban J connectivity index is 0.823. The monoisotopic (exact) mass is 912 g/mol. The quantitative estimate of drug-likeness (QED) is 0.0376. The average molecular weight is 913 g/mol. The molecule has 0 saturated carbocycles. The molecule has 10 heteroatoms. The van der Waals surface area contributed by atoms with Crippen LogP contribution < -0.4 is 9.47 Å². The van der Waals surface area contributed by atoms with Gasteiger partial charge >= 0.3 is 11.9 Å². The van der Waals surface area contributed by atoms with Crippen LogP contribution in [0.4, 0.5) is 0 Å². The molecule has 2 N–H and O–H groups in total. The minimum absolute atomic E-state index is 0.108. The van der Waals surface area contributed by atoms with Gasteiger partial charge in [-0.05, 0) is 144 Å². The molecule has 68 heavy (non-hydrogen) atoms. The number of aromatic hydroxyl groups is 2. The van der Waals surface area contributed by atoms with Gasteiger partial charge < -0.3 is 29.2 Å². The molecule has 350 valence electrons. The van der Waals surface area contributed by atoms with Crippen molar-refractivity contribution in [2.75, 3.05) is 26.4 Å². The van der Waals surface area contributed by atoms with Crippen LogP contribution in [-0.2, 0) is 9.47 Å². The Morgan fingerprint density at radius 1 is 0.382 bits per heavy atom. The summed E-state index contributed by atoms with van der Waals surface area (Å²) in [5.41, 5.74) is 6.58. The van der Waals surface area contributed by atoms with Crippen LogP contribution >= 0.6 is 0 Å². The fraction of sp³-hybridized carbons (Fsp3) is 0.310. The van der Waals surface area contributed by atoms with Gasteiger partial charge in [0.25, 0.3) is 0 Å². The van der Waals surface area contributed by atoms with Crippen LogP contribution in [0.1, 0.15) is 122 Å². The van der Waals surface area contributed by atoms with Crippen molar-refractivity contribution in [1.82, 2.24) is 0 Å². The highest BCUT2D eigenvalue weighted by atomic mass is 16.5. The number of nitriles is 2. The van der Waals surface area contributed by atoms with Crippen LogP contribution in [0.5, 0.6) is 23.0 Å². The Hall–Kier alpha value is -7.56. The lowest BCUT2D eigenvalue weighted by Gasteiger charge is -2.14. The number of hydrogen-bond donors (Lipinski definition) is 2. The molecular weight excluding hydrogens is 853 g/mol. The van der Waals surface area contributed by atoms with Gasteiger partial charge in [0.2, 0.25) is 0 Å². The summed E-state index contributed by atoms with van der Waals surface area (Å²) in [6.45, 7) is 1.75. The summed E-state index contributed by atoms with van der Waals surface area (Å²) in [5, 5.41) is 38.6. The van der Waals surface area contributed by atoms with E-state index >= 15 is 0 Å². The molecule has 0 spiro atoms. The number of esters is 2. The maximum absolute atomic E-state index is 13.3. The second kappa shape index (κ2) is 27.2. The summed E-state index contributed by atoms with van der Waals surface area (Å²) >= 11 is 0. The van der Waals surface area contributed by atoms with E-state index in [2.05, 4.69) is 12.1 Å². The second-order valence-electron chi connectivity index (χ2n) is 16.8. The summed E-state index contributed by atoms with van der Waals surface area (Å²) in [4.78, 5) is 26.7. The summed E-state index contributed by atoms with van der Waals surface area (Å²) in [5.74, 6) is 0.244. The van der Waals surface area contributed by atoms with E-state index in [0.717, 1.165) is 111 Å². The van der Waals surface area contributed by atoms with E-state index in [1.807, 2.05) is 97.1 Å². The highest BCUT2D eigenvalue weighted by molar-refractivity contribution is 6.03. The number of ether oxygens (including phenoxy) is 4. The van der Waals surface area contributed by atoms with Crippen LogP contribution in [0.3, 0.4) is 0 Å². The molecule has 0 bridgehead atoms. The number of carbonyl (C=O) groups excluding carboxylic acids is 2. The third kappa shape index (κ3) is 15.8. The van der Waals surface area contributed by atoms with E-state index < -0.39 is 11.9 Å². The summed E-state index contributed by atoms with van der Waals surface area (Å²) in [7, 11) is 0. The van der Waals surface area contributed by atoms with E-state index in [9.17, 15) is 19.8 Å². The van der Waals surface area contributed by atoms with Gasteiger partial charge in [-0.1, -0.05) is 113 Å². The van der Waals surface area contributed by atoms with Crippen molar-refractivity contribution in [3.05, 3.63) is 156 Å². The average Bonchev–Trinajstić information content (AvgIpc) is 3.37. The zero-order valence-electron chi connectivity index (χ0n) is 38.7. The van der Waals surface area contributed by atoms with Crippen LogP contribution in [-0.4, -0.2) is 48.6 Å². The summed E-state index contributed by atoms with van der Waals surface area (Å²) in [6, 6.07) is 44.0. The fourth-order valence-corrected chi connectivity index (χ4v) is 7.87. The molecule has 0 fully saturated rings. The molecule has 0 aromatic heterocycles. The molecule has 0 atom stereocenters. The van der Waals surface area contributed by atoms with Crippen LogP contribution in [0, 0.1) is 22.7 Å². The molecule has 0 heterocycles. The molecule has 10 nitrogen and oxygen atoms in total. The number of nitrogens with zero attached hydrogens (tertiary/aromatic N) is 2. The zero-order valence-corrected chi connectivity index (χ0v) is 38.7. The fourth-order valence-electron chi connectivity index (χ4n) is 7.87. The van der Waals surface area contributed by atoms with Gasteiger partial charge in [-0.3, -0.25) is 0 Å². The normalized spacial score (nSPS) is 10.7. The first-order chi connectivity index (χ1) is 33.3. The molecule has 0 aliphatic rings. The Kier molecular flexibility index (Phi) is 19.9. The summed E-state index contributed by atoms with van der Waals surface area (Å²) in [6.07, 6.45) is 13.6.